The summed E-state index contributed by atoms with van der Waals surface area (Å²) in [4.78, 5) is 42.6. The summed E-state index contributed by atoms with van der Waals surface area (Å²) >= 11 is 0. The number of Topliss-reactive ketones (excluding diaryl/α,β-unsaturated/α-hetero) is 1. The van der Waals surface area contributed by atoms with Crippen LogP contribution in [0, 0.1) is 11.8 Å². The minimum atomic E-state index is -0.891. The lowest BCUT2D eigenvalue weighted by Crippen LogP contribution is -2.44. The molecule has 6 rings (SSSR count). The van der Waals surface area contributed by atoms with Crippen LogP contribution in [0.25, 0.3) is 0 Å². The maximum absolute atomic E-state index is 13.8. The SMILES string of the molecule is COc1ccc(C(=O)[C@@H]2[C@@H]3C(=O)N(c4ccccc4)C(=O)[C@@H]3C3c4ccccc4C=NN32)cc1. The molecule has 0 aromatic heterocycles. The summed E-state index contributed by atoms with van der Waals surface area (Å²) in [7, 11) is 1.56. The number of hydrogen-bond donors (Lipinski definition) is 0. The summed E-state index contributed by atoms with van der Waals surface area (Å²) in [5.41, 5.74) is 2.74. The van der Waals surface area contributed by atoms with E-state index in [1.807, 2.05) is 30.3 Å². The molecule has 2 saturated heterocycles. The fourth-order valence-electron chi connectivity index (χ4n) is 5.43. The van der Waals surface area contributed by atoms with E-state index in [4.69, 9.17) is 4.74 Å². The highest BCUT2D eigenvalue weighted by Gasteiger charge is 2.65. The second-order valence-corrected chi connectivity index (χ2v) is 8.63. The quantitative estimate of drug-likeness (QED) is 0.448. The van der Waals surface area contributed by atoms with Crippen molar-refractivity contribution >= 4 is 29.5 Å². The highest BCUT2D eigenvalue weighted by atomic mass is 16.5. The lowest BCUT2D eigenvalue weighted by atomic mass is 9.83. The van der Waals surface area contributed by atoms with Crippen LogP contribution in [0.15, 0.2) is 84.0 Å². The zero-order valence-corrected chi connectivity index (χ0v) is 18.4. The summed E-state index contributed by atoms with van der Waals surface area (Å²) in [6.07, 6.45) is 1.70. The van der Waals surface area contributed by atoms with Gasteiger partial charge in [0.15, 0.2) is 5.78 Å². The van der Waals surface area contributed by atoms with Gasteiger partial charge in [-0.1, -0.05) is 42.5 Å². The van der Waals surface area contributed by atoms with E-state index in [0.29, 0.717) is 17.0 Å². The Morgan fingerprint density at radius 2 is 1.53 bits per heavy atom. The van der Waals surface area contributed by atoms with Crippen molar-refractivity contribution in [1.82, 2.24) is 5.01 Å². The number of hydrazone groups is 1. The molecule has 0 spiro atoms. The van der Waals surface area contributed by atoms with Gasteiger partial charge in [-0.15, -0.1) is 0 Å². The molecule has 7 heteroatoms. The summed E-state index contributed by atoms with van der Waals surface area (Å²) in [5, 5.41) is 6.25. The van der Waals surface area contributed by atoms with Gasteiger partial charge in [-0.3, -0.25) is 19.4 Å². The van der Waals surface area contributed by atoms with Crippen LogP contribution in [-0.2, 0) is 9.59 Å². The Kier molecular flexibility index (Phi) is 4.58. The van der Waals surface area contributed by atoms with Gasteiger partial charge in [0.05, 0.1) is 36.9 Å². The van der Waals surface area contributed by atoms with Gasteiger partial charge in [0, 0.05) is 5.56 Å². The molecule has 168 valence electrons. The molecule has 7 nitrogen and oxygen atoms in total. The predicted octanol–water partition coefficient (Wildman–Crippen LogP) is 3.46. The van der Waals surface area contributed by atoms with Crippen molar-refractivity contribution in [2.75, 3.05) is 12.0 Å². The molecule has 3 heterocycles. The molecule has 0 aliphatic carbocycles. The lowest BCUT2D eigenvalue weighted by Gasteiger charge is -2.33. The Morgan fingerprint density at radius 1 is 0.853 bits per heavy atom. The van der Waals surface area contributed by atoms with Gasteiger partial charge < -0.3 is 4.74 Å². The van der Waals surface area contributed by atoms with Gasteiger partial charge >= 0.3 is 0 Å². The molecule has 0 N–H and O–H groups in total. The van der Waals surface area contributed by atoms with Gasteiger partial charge in [0.25, 0.3) is 0 Å². The Balaban J connectivity index is 1.48. The molecular weight excluding hydrogens is 430 g/mol. The van der Waals surface area contributed by atoms with Gasteiger partial charge in [0.1, 0.15) is 11.8 Å². The summed E-state index contributed by atoms with van der Waals surface area (Å²) < 4.78 is 5.21. The molecule has 1 unspecified atom stereocenters. The molecule has 4 atom stereocenters. The number of carbonyl (C=O) groups excluding carboxylic acids is 3. The Morgan fingerprint density at radius 3 is 2.26 bits per heavy atom. The summed E-state index contributed by atoms with van der Waals surface area (Å²) in [6.45, 7) is 0. The second-order valence-electron chi connectivity index (χ2n) is 8.63. The Bertz CT molecular complexity index is 1340. The number of para-hydroxylation sites is 1. The fraction of sp³-hybridized carbons (Fsp3) is 0.185. The van der Waals surface area contributed by atoms with Crippen LogP contribution >= 0.6 is 0 Å². The fourth-order valence-corrected chi connectivity index (χ4v) is 5.43. The highest BCUT2D eigenvalue weighted by molar-refractivity contribution is 6.24. The van der Waals surface area contributed by atoms with Gasteiger partial charge in [-0.05, 0) is 47.5 Å². The van der Waals surface area contributed by atoms with E-state index in [1.54, 1.807) is 66.9 Å². The number of rotatable bonds is 4. The summed E-state index contributed by atoms with van der Waals surface area (Å²) in [5.74, 6) is -1.82. The molecular formula is C27H21N3O4. The van der Waals surface area contributed by atoms with E-state index in [0.717, 1.165) is 11.1 Å². The third kappa shape index (κ3) is 2.83. The van der Waals surface area contributed by atoms with Gasteiger partial charge in [-0.25, -0.2) is 4.90 Å². The van der Waals surface area contributed by atoms with E-state index in [-0.39, 0.29) is 17.6 Å². The van der Waals surface area contributed by atoms with Crippen molar-refractivity contribution in [3.05, 3.63) is 95.6 Å². The first-order valence-corrected chi connectivity index (χ1v) is 11.1. The van der Waals surface area contributed by atoms with E-state index in [1.165, 1.54) is 4.90 Å². The molecule has 0 bridgehead atoms. The lowest BCUT2D eigenvalue weighted by molar-refractivity contribution is -0.124. The molecule has 3 aliphatic heterocycles. The van der Waals surface area contributed by atoms with Crippen molar-refractivity contribution in [2.45, 2.75) is 12.1 Å². The first-order valence-electron chi connectivity index (χ1n) is 11.1. The predicted molar refractivity (Wildman–Crippen MR) is 126 cm³/mol. The average Bonchev–Trinajstić information content (AvgIpc) is 3.36. The first kappa shape index (κ1) is 20.4. The number of imide groups is 1. The monoisotopic (exact) mass is 451 g/mol. The smallest absolute Gasteiger partial charge is 0.240 e. The number of fused-ring (bicyclic) bond motifs is 5. The van der Waals surface area contributed by atoms with Gasteiger partial charge in [-0.2, -0.15) is 5.10 Å². The average molecular weight is 451 g/mol. The molecule has 0 radical (unpaired) electrons. The Hall–Kier alpha value is -4.26. The van der Waals surface area contributed by atoms with Crippen LogP contribution in [0.1, 0.15) is 27.5 Å². The topological polar surface area (TPSA) is 79.3 Å². The minimum absolute atomic E-state index is 0.243. The number of hydrogen-bond acceptors (Lipinski definition) is 6. The van der Waals surface area contributed by atoms with Crippen molar-refractivity contribution in [3.63, 3.8) is 0 Å². The van der Waals surface area contributed by atoms with Crippen molar-refractivity contribution in [1.29, 1.82) is 0 Å². The molecule has 3 aromatic carbocycles. The van der Waals surface area contributed by atoms with Crippen molar-refractivity contribution < 1.29 is 19.1 Å². The number of ether oxygens (including phenoxy) is 1. The standard InChI is InChI=1S/C27H21N3O4/c1-34-19-13-11-16(12-14-19)25(31)24-22-21(23-20-10-6-5-7-17(20)15-28-30(23)24)26(32)29(27(22)33)18-8-3-2-4-9-18/h2-15,21-24H,1H3/t21-,22+,23?,24-/m0/s1. The molecule has 34 heavy (non-hydrogen) atoms. The van der Waals surface area contributed by atoms with E-state index < -0.39 is 23.9 Å². The second kappa shape index (κ2) is 7.66. The van der Waals surface area contributed by atoms with E-state index in [2.05, 4.69) is 5.10 Å². The molecule has 2 amide bonds. The van der Waals surface area contributed by atoms with Crippen LogP contribution in [0.5, 0.6) is 5.75 Å². The normalized spacial score (nSPS) is 24.6. The Labute approximate surface area is 196 Å². The van der Waals surface area contributed by atoms with Gasteiger partial charge in [0.2, 0.25) is 11.8 Å². The molecule has 3 aliphatic rings. The van der Waals surface area contributed by atoms with Crippen LogP contribution in [0.4, 0.5) is 5.69 Å². The number of anilines is 1. The number of benzene rings is 3. The number of amides is 2. The van der Waals surface area contributed by atoms with E-state index >= 15 is 0 Å². The largest absolute Gasteiger partial charge is 0.497 e. The van der Waals surface area contributed by atoms with Crippen LogP contribution in [0.3, 0.4) is 0 Å². The maximum Gasteiger partial charge on any atom is 0.240 e. The zero-order chi connectivity index (χ0) is 23.4. The number of ketones is 1. The molecule has 2 fully saturated rings. The van der Waals surface area contributed by atoms with Crippen LogP contribution in [0.2, 0.25) is 0 Å². The van der Waals surface area contributed by atoms with Crippen LogP contribution < -0.4 is 9.64 Å². The molecule has 3 aromatic rings. The highest BCUT2D eigenvalue weighted by Crippen LogP contribution is 2.53. The number of nitrogens with zero attached hydrogens (tertiary/aromatic N) is 3. The van der Waals surface area contributed by atoms with E-state index in [9.17, 15) is 14.4 Å². The minimum Gasteiger partial charge on any atom is -0.497 e. The third-order valence-corrected chi connectivity index (χ3v) is 6.95. The molecule has 0 saturated carbocycles. The van der Waals surface area contributed by atoms with Crippen molar-refractivity contribution in [3.8, 4) is 5.75 Å². The van der Waals surface area contributed by atoms with Crippen molar-refractivity contribution in [2.24, 2.45) is 16.9 Å². The van der Waals surface area contributed by atoms with Crippen LogP contribution in [-0.4, -0.2) is 42.0 Å². The summed E-state index contributed by atoms with van der Waals surface area (Å²) in [6, 6.07) is 22.0. The number of carbonyl (C=O) groups is 3. The third-order valence-electron chi connectivity index (χ3n) is 6.95. The zero-order valence-electron chi connectivity index (χ0n) is 18.4. The first-order chi connectivity index (χ1) is 16.6. The number of methoxy groups -OCH3 is 1. The maximum atomic E-state index is 13.8.